The Hall–Kier alpha value is -1.54. The van der Waals surface area contributed by atoms with Crippen molar-refractivity contribution < 1.29 is 4.74 Å². The molecular weight excluding hydrogens is 360 g/mol. The van der Waals surface area contributed by atoms with E-state index in [-0.39, 0.29) is 0 Å². The molecule has 0 saturated heterocycles. The second kappa shape index (κ2) is 8.53. The third kappa shape index (κ3) is 4.10. The van der Waals surface area contributed by atoms with E-state index in [0.717, 1.165) is 23.2 Å². The molecule has 0 aromatic heterocycles. The molecule has 1 nitrogen and oxygen atoms in total. The van der Waals surface area contributed by atoms with Gasteiger partial charge >= 0.3 is 0 Å². The van der Waals surface area contributed by atoms with Gasteiger partial charge in [0.1, 0.15) is 5.75 Å². The van der Waals surface area contributed by atoms with E-state index >= 15 is 0 Å². The number of rotatable bonds is 8. The van der Waals surface area contributed by atoms with Gasteiger partial charge in [-0.2, -0.15) is 0 Å². The van der Waals surface area contributed by atoms with Crippen LogP contribution in [-0.2, 0) is 0 Å². The molecule has 0 aliphatic carbocycles. The van der Waals surface area contributed by atoms with Crippen LogP contribution in [0.2, 0.25) is 0 Å². The Bertz CT molecular complexity index is 810. The summed E-state index contributed by atoms with van der Waals surface area (Å²) in [6, 6.07) is 17.2. The topological polar surface area (TPSA) is 9.23 Å². The first-order valence-electron chi connectivity index (χ1n) is 9.03. The summed E-state index contributed by atoms with van der Waals surface area (Å²) in [5, 5.41) is 4.86. The minimum atomic E-state index is 0.793. The lowest BCUT2D eigenvalue weighted by molar-refractivity contribution is 0.311. The van der Waals surface area contributed by atoms with Gasteiger partial charge in [0, 0.05) is 15.2 Å². The van der Waals surface area contributed by atoms with Crippen molar-refractivity contribution in [1.29, 1.82) is 0 Å². The van der Waals surface area contributed by atoms with Crippen LogP contribution in [0, 0.1) is 0 Å². The molecule has 2 heteroatoms. The van der Waals surface area contributed by atoms with Gasteiger partial charge in [-0.05, 0) is 35.4 Å². The fourth-order valence-corrected chi connectivity index (χ4v) is 3.57. The molecular formula is C22H25BrO. The number of hydrogen-bond acceptors (Lipinski definition) is 1. The molecule has 3 aromatic carbocycles. The van der Waals surface area contributed by atoms with E-state index in [9.17, 15) is 0 Å². The molecule has 0 heterocycles. The number of fused-ring (bicyclic) bond motifs is 2. The fourth-order valence-electron chi connectivity index (χ4n) is 3.21. The smallest absolute Gasteiger partial charge is 0.134 e. The van der Waals surface area contributed by atoms with Crippen molar-refractivity contribution in [3.8, 4) is 5.75 Å². The van der Waals surface area contributed by atoms with Gasteiger partial charge < -0.3 is 4.74 Å². The van der Waals surface area contributed by atoms with Crippen LogP contribution < -0.4 is 4.74 Å². The van der Waals surface area contributed by atoms with Gasteiger partial charge in [0.15, 0.2) is 0 Å². The first-order chi connectivity index (χ1) is 11.8. The molecule has 0 spiro atoms. The SMILES string of the molecule is CCCCCCCCOc1c2ccccc2cc2ccc(Br)cc12. The van der Waals surface area contributed by atoms with Crippen LogP contribution in [0.5, 0.6) is 5.75 Å². The zero-order chi connectivity index (χ0) is 16.8. The summed E-state index contributed by atoms with van der Waals surface area (Å²) >= 11 is 3.59. The lowest BCUT2D eigenvalue weighted by Crippen LogP contribution is -1.99. The van der Waals surface area contributed by atoms with Crippen molar-refractivity contribution >= 4 is 37.5 Å². The molecule has 0 bridgehead atoms. The van der Waals surface area contributed by atoms with Crippen LogP contribution in [0.3, 0.4) is 0 Å². The molecule has 0 radical (unpaired) electrons. The van der Waals surface area contributed by atoms with E-state index in [1.807, 2.05) is 0 Å². The lowest BCUT2D eigenvalue weighted by Gasteiger charge is -2.13. The van der Waals surface area contributed by atoms with E-state index < -0.39 is 0 Å². The van der Waals surface area contributed by atoms with Gasteiger partial charge in [-0.1, -0.05) is 85.3 Å². The van der Waals surface area contributed by atoms with Crippen molar-refractivity contribution in [1.82, 2.24) is 0 Å². The Balaban J connectivity index is 1.80. The average molecular weight is 385 g/mol. The van der Waals surface area contributed by atoms with Crippen LogP contribution in [0.25, 0.3) is 21.5 Å². The zero-order valence-electron chi connectivity index (χ0n) is 14.4. The minimum Gasteiger partial charge on any atom is -0.492 e. The summed E-state index contributed by atoms with van der Waals surface area (Å²) < 4.78 is 7.37. The highest BCUT2D eigenvalue weighted by Gasteiger charge is 2.09. The molecule has 0 fully saturated rings. The summed E-state index contributed by atoms with van der Waals surface area (Å²) in [4.78, 5) is 0. The minimum absolute atomic E-state index is 0.793. The fraction of sp³-hybridized carbons (Fsp3) is 0.364. The molecule has 126 valence electrons. The van der Waals surface area contributed by atoms with E-state index in [1.54, 1.807) is 0 Å². The molecule has 3 rings (SSSR count). The van der Waals surface area contributed by atoms with Gasteiger partial charge in [-0.25, -0.2) is 0 Å². The van der Waals surface area contributed by atoms with Gasteiger partial charge in [-0.15, -0.1) is 0 Å². The van der Waals surface area contributed by atoms with E-state index in [4.69, 9.17) is 4.74 Å². The number of unbranched alkanes of at least 4 members (excludes halogenated alkanes) is 5. The number of ether oxygens (including phenoxy) is 1. The molecule has 24 heavy (non-hydrogen) atoms. The van der Waals surface area contributed by atoms with Crippen molar-refractivity contribution in [2.75, 3.05) is 6.61 Å². The van der Waals surface area contributed by atoms with Gasteiger partial charge in [0.05, 0.1) is 6.61 Å². The Morgan fingerprint density at radius 3 is 2.42 bits per heavy atom. The standard InChI is InChI=1S/C22H25BrO/c1-2-3-4-5-6-9-14-24-22-20-11-8-7-10-17(20)15-18-12-13-19(23)16-21(18)22/h7-8,10-13,15-16H,2-6,9,14H2,1H3. The Morgan fingerprint density at radius 1 is 0.792 bits per heavy atom. The molecule has 0 unspecified atom stereocenters. The molecule has 0 amide bonds. The summed E-state index contributed by atoms with van der Waals surface area (Å²) in [5.74, 6) is 1.03. The van der Waals surface area contributed by atoms with Crippen molar-refractivity contribution in [2.45, 2.75) is 45.4 Å². The maximum absolute atomic E-state index is 6.27. The Kier molecular flexibility index (Phi) is 6.14. The quantitative estimate of drug-likeness (QED) is 0.288. The molecule has 0 saturated carbocycles. The van der Waals surface area contributed by atoms with Crippen molar-refractivity contribution in [3.63, 3.8) is 0 Å². The molecule has 0 aliphatic rings. The average Bonchev–Trinajstić information content (AvgIpc) is 2.60. The third-order valence-corrected chi connectivity index (χ3v) is 5.01. The summed E-state index contributed by atoms with van der Waals surface area (Å²) in [6.45, 7) is 3.05. The molecule has 3 aromatic rings. The second-order valence-electron chi connectivity index (χ2n) is 6.41. The lowest BCUT2D eigenvalue weighted by atomic mass is 10.0. The van der Waals surface area contributed by atoms with E-state index in [1.165, 1.54) is 53.6 Å². The highest BCUT2D eigenvalue weighted by Crippen LogP contribution is 2.36. The Labute approximate surface area is 153 Å². The maximum Gasteiger partial charge on any atom is 0.134 e. The first kappa shape index (κ1) is 17.3. The summed E-state index contributed by atoms with van der Waals surface area (Å²) in [5.41, 5.74) is 0. The Morgan fingerprint density at radius 2 is 1.54 bits per heavy atom. The molecule has 0 aliphatic heterocycles. The van der Waals surface area contributed by atoms with Gasteiger partial charge in [0.2, 0.25) is 0 Å². The monoisotopic (exact) mass is 384 g/mol. The first-order valence-corrected chi connectivity index (χ1v) is 9.82. The molecule has 0 atom stereocenters. The molecule has 0 N–H and O–H groups in total. The normalized spacial score (nSPS) is 11.2. The van der Waals surface area contributed by atoms with E-state index in [0.29, 0.717) is 0 Å². The van der Waals surface area contributed by atoms with Crippen LogP contribution in [0.15, 0.2) is 53.0 Å². The van der Waals surface area contributed by atoms with Crippen LogP contribution in [-0.4, -0.2) is 6.61 Å². The van der Waals surface area contributed by atoms with Gasteiger partial charge in [-0.3, -0.25) is 0 Å². The summed E-state index contributed by atoms with van der Waals surface area (Å²) in [6.07, 6.45) is 7.70. The number of hydrogen-bond donors (Lipinski definition) is 0. The summed E-state index contributed by atoms with van der Waals surface area (Å²) in [7, 11) is 0. The highest BCUT2D eigenvalue weighted by molar-refractivity contribution is 9.10. The van der Waals surface area contributed by atoms with Crippen LogP contribution in [0.1, 0.15) is 45.4 Å². The number of halogens is 1. The maximum atomic E-state index is 6.27. The van der Waals surface area contributed by atoms with Crippen LogP contribution in [0.4, 0.5) is 0 Å². The van der Waals surface area contributed by atoms with Crippen LogP contribution >= 0.6 is 15.9 Å². The third-order valence-electron chi connectivity index (χ3n) is 4.52. The largest absolute Gasteiger partial charge is 0.492 e. The predicted octanol–water partition coefficient (Wildman–Crippen LogP) is 7.49. The predicted molar refractivity (Wildman–Crippen MR) is 108 cm³/mol. The van der Waals surface area contributed by atoms with Gasteiger partial charge in [0.25, 0.3) is 0 Å². The zero-order valence-corrected chi connectivity index (χ0v) is 15.9. The number of benzene rings is 3. The second-order valence-corrected chi connectivity index (χ2v) is 7.32. The van der Waals surface area contributed by atoms with Crippen molar-refractivity contribution in [3.05, 3.63) is 53.0 Å². The van der Waals surface area contributed by atoms with E-state index in [2.05, 4.69) is 71.4 Å². The highest BCUT2D eigenvalue weighted by atomic mass is 79.9. The van der Waals surface area contributed by atoms with Crippen molar-refractivity contribution in [2.24, 2.45) is 0 Å².